The molecule has 0 fully saturated rings. The highest BCUT2D eigenvalue weighted by Gasteiger charge is 2.08. The highest BCUT2D eigenvalue weighted by Crippen LogP contribution is 2.18. The van der Waals surface area contributed by atoms with E-state index < -0.39 is 0 Å². The van der Waals surface area contributed by atoms with Gasteiger partial charge >= 0.3 is 0 Å². The molecule has 0 saturated heterocycles. The Hall–Kier alpha value is -0.560. The number of aliphatic hydroxyl groups excluding tert-OH is 1. The van der Waals surface area contributed by atoms with Crippen molar-refractivity contribution in [2.24, 2.45) is 5.92 Å². The molecule has 0 aliphatic heterocycles. The smallest absolute Gasteiger partial charge is 0.0723 e. The van der Waals surface area contributed by atoms with Gasteiger partial charge in [-0.15, -0.1) is 6.58 Å². The van der Waals surface area contributed by atoms with Gasteiger partial charge in [0.15, 0.2) is 0 Å². The summed E-state index contributed by atoms with van der Waals surface area (Å²) in [6, 6.07) is 0. The Labute approximate surface area is 108 Å². The topological polar surface area (TPSA) is 20.2 Å². The number of rotatable bonds is 11. The largest absolute Gasteiger partial charge is 0.389 e. The quantitative estimate of drug-likeness (QED) is 0.402. The number of allylic oxidation sites excluding steroid dienone is 2. The Morgan fingerprint density at radius 2 is 1.76 bits per heavy atom. The van der Waals surface area contributed by atoms with Gasteiger partial charge in [-0.3, -0.25) is 0 Å². The van der Waals surface area contributed by atoms with Crippen molar-refractivity contribution in [2.45, 2.75) is 71.3 Å². The second-order valence-electron chi connectivity index (χ2n) is 4.88. The van der Waals surface area contributed by atoms with Crippen LogP contribution < -0.4 is 0 Å². The van der Waals surface area contributed by atoms with Crippen LogP contribution in [0.5, 0.6) is 0 Å². The van der Waals surface area contributed by atoms with Gasteiger partial charge in [-0.1, -0.05) is 63.7 Å². The SMILES string of the molecule is C=C[C@H](O)CC(/C=C/C)CCCCCCCC. The van der Waals surface area contributed by atoms with Crippen LogP contribution in [0.2, 0.25) is 0 Å². The molecule has 0 aromatic heterocycles. The molecule has 0 radical (unpaired) electrons. The molecule has 2 atom stereocenters. The highest BCUT2D eigenvalue weighted by molar-refractivity contribution is 4.90. The lowest BCUT2D eigenvalue weighted by Gasteiger charge is -2.14. The monoisotopic (exact) mass is 238 g/mol. The van der Waals surface area contributed by atoms with Crippen LogP contribution in [0.1, 0.15) is 65.2 Å². The molecule has 0 bridgehead atoms. The minimum absolute atomic E-state index is 0.351. The van der Waals surface area contributed by atoms with E-state index in [9.17, 15) is 5.11 Å². The first-order chi connectivity index (χ1) is 8.24. The molecular formula is C16H30O. The van der Waals surface area contributed by atoms with Crippen molar-refractivity contribution in [1.29, 1.82) is 0 Å². The van der Waals surface area contributed by atoms with Crippen LogP contribution >= 0.6 is 0 Å². The zero-order chi connectivity index (χ0) is 12.9. The van der Waals surface area contributed by atoms with E-state index >= 15 is 0 Å². The fraction of sp³-hybridized carbons (Fsp3) is 0.750. The maximum absolute atomic E-state index is 9.58. The summed E-state index contributed by atoms with van der Waals surface area (Å²) < 4.78 is 0. The average molecular weight is 238 g/mol. The lowest BCUT2D eigenvalue weighted by molar-refractivity contribution is 0.194. The molecule has 0 aliphatic carbocycles. The van der Waals surface area contributed by atoms with Gasteiger partial charge in [0, 0.05) is 0 Å². The van der Waals surface area contributed by atoms with Gasteiger partial charge in [0.05, 0.1) is 6.10 Å². The average Bonchev–Trinajstić information content (AvgIpc) is 2.33. The van der Waals surface area contributed by atoms with E-state index in [1.54, 1.807) is 6.08 Å². The summed E-state index contributed by atoms with van der Waals surface area (Å²) in [5.41, 5.74) is 0. The molecule has 1 heteroatoms. The molecule has 0 rings (SSSR count). The number of aliphatic hydroxyl groups is 1. The number of hydrogen-bond acceptors (Lipinski definition) is 1. The molecule has 0 amide bonds. The van der Waals surface area contributed by atoms with Crippen LogP contribution in [-0.4, -0.2) is 11.2 Å². The molecule has 0 spiro atoms. The Bertz CT molecular complexity index is 196. The maximum atomic E-state index is 9.58. The van der Waals surface area contributed by atoms with Gasteiger partial charge in [-0.2, -0.15) is 0 Å². The maximum Gasteiger partial charge on any atom is 0.0723 e. The van der Waals surface area contributed by atoms with Crippen LogP contribution in [0.25, 0.3) is 0 Å². The van der Waals surface area contributed by atoms with E-state index in [-0.39, 0.29) is 6.10 Å². The Kier molecular flexibility index (Phi) is 11.5. The van der Waals surface area contributed by atoms with E-state index in [4.69, 9.17) is 0 Å². The minimum atomic E-state index is -0.351. The van der Waals surface area contributed by atoms with Crippen LogP contribution in [-0.2, 0) is 0 Å². The second-order valence-corrected chi connectivity index (χ2v) is 4.88. The summed E-state index contributed by atoms with van der Waals surface area (Å²) in [5.74, 6) is 0.513. The molecule has 0 aromatic rings. The lowest BCUT2D eigenvalue weighted by Crippen LogP contribution is -2.09. The van der Waals surface area contributed by atoms with Crippen molar-refractivity contribution < 1.29 is 5.11 Å². The summed E-state index contributed by atoms with van der Waals surface area (Å²) in [6.45, 7) is 7.93. The molecule has 0 saturated carbocycles. The zero-order valence-electron chi connectivity index (χ0n) is 11.7. The van der Waals surface area contributed by atoms with Gasteiger partial charge in [0.2, 0.25) is 0 Å². The van der Waals surface area contributed by atoms with E-state index in [0.717, 1.165) is 6.42 Å². The predicted octanol–water partition coefficient (Wildman–Crippen LogP) is 4.87. The molecule has 1 unspecified atom stereocenters. The number of hydrogen-bond donors (Lipinski definition) is 1. The van der Waals surface area contributed by atoms with Crippen molar-refractivity contribution in [1.82, 2.24) is 0 Å². The number of unbranched alkanes of at least 4 members (excludes halogenated alkanes) is 5. The second kappa shape index (κ2) is 11.9. The third-order valence-corrected chi connectivity index (χ3v) is 3.21. The van der Waals surface area contributed by atoms with E-state index in [1.807, 2.05) is 0 Å². The van der Waals surface area contributed by atoms with Crippen molar-refractivity contribution in [3.05, 3.63) is 24.8 Å². The van der Waals surface area contributed by atoms with Gasteiger partial charge in [-0.25, -0.2) is 0 Å². The lowest BCUT2D eigenvalue weighted by atomic mass is 9.94. The highest BCUT2D eigenvalue weighted by atomic mass is 16.3. The summed E-state index contributed by atoms with van der Waals surface area (Å²) in [4.78, 5) is 0. The molecule has 0 heterocycles. The van der Waals surface area contributed by atoms with Gasteiger partial charge in [0.25, 0.3) is 0 Å². The normalized spacial score (nSPS) is 15.0. The molecule has 0 aliphatic rings. The summed E-state index contributed by atoms with van der Waals surface area (Å²) in [7, 11) is 0. The fourth-order valence-electron chi connectivity index (χ4n) is 2.16. The first-order valence-electron chi connectivity index (χ1n) is 7.18. The zero-order valence-corrected chi connectivity index (χ0v) is 11.7. The minimum Gasteiger partial charge on any atom is -0.389 e. The van der Waals surface area contributed by atoms with Crippen molar-refractivity contribution in [3.63, 3.8) is 0 Å². The fourth-order valence-corrected chi connectivity index (χ4v) is 2.16. The molecule has 100 valence electrons. The van der Waals surface area contributed by atoms with Gasteiger partial charge in [-0.05, 0) is 25.7 Å². The van der Waals surface area contributed by atoms with E-state index in [1.165, 1.54) is 44.9 Å². The molecule has 1 nitrogen and oxygen atoms in total. The van der Waals surface area contributed by atoms with Gasteiger partial charge < -0.3 is 5.11 Å². The molecule has 17 heavy (non-hydrogen) atoms. The summed E-state index contributed by atoms with van der Waals surface area (Å²) >= 11 is 0. The van der Waals surface area contributed by atoms with Crippen molar-refractivity contribution >= 4 is 0 Å². The summed E-state index contributed by atoms with van der Waals surface area (Å²) in [6.07, 6.45) is 15.6. The third kappa shape index (κ3) is 10.3. The van der Waals surface area contributed by atoms with Crippen molar-refractivity contribution in [3.8, 4) is 0 Å². The van der Waals surface area contributed by atoms with E-state index in [2.05, 4.69) is 32.6 Å². The standard InChI is InChI=1S/C16H30O/c1-4-7-8-9-10-11-13-15(12-5-2)14-16(17)6-3/h5-6,12,15-17H,3-4,7-11,13-14H2,1-2H3/b12-5+/t15?,16-/m0/s1. The van der Waals surface area contributed by atoms with Crippen LogP contribution in [0.3, 0.4) is 0 Å². The molecular weight excluding hydrogens is 208 g/mol. The first kappa shape index (κ1) is 16.4. The Morgan fingerprint density at radius 3 is 2.35 bits per heavy atom. The van der Waals surface area contributed by atoms with Crippen LogP contribution in [0.15, 0.2) is 24.8 Å². The molecule has 0 aromatic carbocycles. The Morgan fingerprint density at radius 1 is 1.12 bits per heavy atom. The predicted molar refractivity (Wildman–Crippen MR) is 77.1 cm³/mol. The summed E-state index contributed by atoms with van der Waals surface area (Å²) in [5, 5.41) is 9.58. The third-order valence-electron chi connectivity index (χ3n) is 3.21. The van der Waals surface area contributed by atoms with Gasteiger partial charge in [0.1, 0.15) is 0 Å². The van der Waals surface area contributed by atoms with Crippen molar-refractivity contribution in [2.75, 3.05) is 0 Å². The Balaban J connectivity index is 3.66. The van der Waals surface area contributed by atoms with Crippen LogP contribution in [0.4, 0.5) is 0 Å². The first-order valence-corrected chi connectivity index (χ1v) is 7.18. The molecule has 1 N–H and O–H groups in total. The van der Waals surface area contributed by atoms with Crippen LogP contribution in [0, 0.1) is 5.92 Å². The van der Waals surface area contributed by atoms with E-state index in [0.29, 0.717) is 5.92 Å².